The van der Waals surface area contributed by atoms with Gasteiger partial charge in [0.05, 0.1) is 6.04 Å². The van der Waals surface area contributed by atoms with Crippen molar-refractivity contribution in [3.05, 3.63) is 47.5 Å². The van der Waals surface area contributed by atoms with Crippen LogP contribution in [0.15, 0.2) is 30.3 Å². The molecule has 0 amide bonds. The lowest BCUT2D eigenvalue weighted by atomic mass is 9.97. The molecule has 0 radical (unpaired) electrons. The zero-order valence-corrected chi connectivity index (χ0v) is 13.3. The van der Waals surface area contributed by atoms with Crippen molar-refractivity contribution in [1.29, 1.82) is 0 Å². The standard InChI is InChI=1S/C18H16F3N3O/c19-13-8-14(9-4-2-1-3-5-9)24-17(13)22-16(23-24)15(25)10-6-11-12(7-10)18(11,20)21/h1-5,10-14H,6-8H2/t10?,11?,12?,13-,14-/m0/s1. The summed E-state index contributed by atoms with van der Waals surface area (Å²) in [6.07, 6.45) is -0.669. The molecule has 130 valence electrons. The summed E-state index contributed by atoms with van der Waals surface area (Å²) in [4.78, 5) is 16.7. The van der Waals surface area contributed by atoms with Crippen LogP contribution in [0.3, 0.4) is 0 Å². The van der Waals surface area contributed by atoms with Gasteiger partial charge >= 0.3 is 0 Å². The molecule has 3 aliphatic rings. The molecule has 1 aliphatic heterocycles. The molecule has 2 aliphatic carbocycles. The molecule has 5 rings (SSSR count). The van der Waals surface area contributed by atoms with E-state index in [-0.39, 0.29) is 42.7 Å². The van der Waals surface area contributed by atoms with E-state index >= 15 is 0 Å². The largest absolute Gasteiger partial charge is 0.290 e. The first kappa shape index (κ1) is 15.1. The second-order valence-corrected chi connectivity index (χ2v) is 7.29. The number of carbonyl (C=O) groups excluding carboxylic acids is 1. The Balaban J connectivity index is 1.41. The number of hydrogen-bond donors (Lipinski definition) is 0. The van der Waals surface area contributed by atoms with Crippen LogP contribution in [0.2, 0.25) is 0 Å². The Labute approximate surface area is 142 Å². The first-order chi connectivity index (χ1) is 12.0. The van der Waals surface area contributed by atoms with E-state index in [1.807, 2.05) is 30.3 Å². The lowest BCUT2D eigenvalue weighted by Crippen LogP contribution is -2.19. The molecule has 2 heterocycles. The van der Waals surface area contributed by atoms with E-state index in [9.17, 15) is 18.0 Å². The minimum Gasteiger partial charge on any atom is -0.290 e. The topological polar surface area (TPSA) is 47.8 Å². The van der Waals surface area contributed by atoms with Gasteiger partial charge in [0.15, 0.2) is 12.0 Å². The third-order valence-electron chi connectivity index (χ3n) is 5.88. The number of carbonyl (C=O) groups is 1. The van der Waals surface area contributed by atoms with E-state index in [0.29, 0.717) is 0 Å². The zero-order chi connectivity index (χ0) is 17.3. The Morgan fingerprint density at radius 1 is 1.12 bits per heavy atom. The molecule has 0 spiro atoms. The van der Waals surface area contributed by atoms with E-state index in [0.717, 1.165) is 5.56 Å². The summed E-state index contributed by atoms with van der Waals surface area (Å²) in [5, 5.41) is 4.25. The normalized spacial score (nSPS) is 34.6. The minimum absolute atomic E-state index is 0.0344. The second kappa shape index (κ2) is 4.93. The summed E-state index contributed by atoms with van der Waals surface area (Å²) in [7, 11) is 0. The molecule has 0 saturated heterocycles. The van der Waals surface area contributed by atoms with Crippen molar-refractivity contribution in [2.24, 2.45) is 17.8 Å². The summed E-state index contributed by atoms with van der Waals surface area (Å²) >= 11 is 0. The molecule has 2 unspecified atom stereocenters. The Morgan fingerprint density at radius 2 is 1.80 bits per heavy atom. The number of halogens is 3. The number of Topliss-reactive ketones (excluding diaryl/α,β-unsaturated/α-hetero) is 1. The minimum atomic E-state index is -2.61. The predicted octanol–water partition coefficient (Wildman–Crippen LogP) is 3.76. The van der Waals surface area contributed by atoms with Gasteiger partial charge < -0.3 is 0 Å². The highest BCUT2D eigenvalue weighted by Gasteiger charge is 2.72. The summed E-state index contributed by atoms with van der Waals surface area (Å²) in [5.41, 5.74) is 0.912. The monoisotopic (exact) mass is 347 g/mol. The Bertz CT molecular complexity index is 837. The van der Waals surface area contributed by atoms with Crippen molar-refractivity contribution in [2.45, 2.75) is 37.4 Å². The van der Waals surface area contributed by atoms with Gasteiger partial charge in [-0.2, -0.15) is 0 Å². The number of nitrogens with zero attached hydrogens (tertiary/aromatic N) is 3. The van der Waals surface area contributed by atoms with Crippen LogP contribution in [-0.2, 0) is 0 Å². The first-order valence-electron chi connectivity index (χ1n) is 8.54. The molecule has 2 saturated carbocycles. The van der Waals surface area contributed by atoms with Crippen LogP contribution < -0.4 is 0 Å². The number of ketones is 1. The molecule has 7 heteroatoms. The van der Waals surface area contributed by atoms with Crippen LogP contribution in [0, 0.1) is 17.8 Å². The molecule has 4 atom stereocenters. The van der Waals surface area contributed by atoms with E-state index < -0.39 is 29.8 Å². The van der Waals surface area contributed by atoms with Crippen LogP contribution in [0.1, 0.15) is 53.5 Å². The third kappa shape index (κ3) is 2.10. The fourth-order valence-corrected chi connectivity index (χ4v) is 4.45. The van der Waals surface area contributed by atoms with Crippen molar-refractivity contribution in [1.82, 2.24) is 14.8 Å². The fraction of sp³-hybridized carbons (Fsp3) is 0.500. The molecule has 2 fully saturated rings. The SMILES string of the molecule is O=C(c1nc2n(n1)[C@H](c1ccccc1)C[C@@H]2F)C1CC2C(C1)C2(F)F. The van der Waals surface area contributed by atoms with Gasteiger partial charge in [0, 0.05) is 24.2 Å². The highest BCUT2D eigenvalue weighted by molar-refractivity contribution is 5.94. The van der Waals surface area contributed by atoms with Crippen LogP contribution in [-0.4, -0.2) is 26.5 Å². The fourth-order valence-electron chi connectivity index (χ4n) is 4.45. The van der Waals surface area contributed by atoms with Gasteiger partial charge in [-0.05, 0) is 18.4 Å². The first-order valence-corrected chi connectivity index (χ1v) is 8.54. The van der Waals surface area contributed by atoms with Gasteiger partial charge in [-0.15, -0.1) is 5.10 Å². The lowest BCUT2D eigenvalue weighted by Gasteiger charge is -2.12. The molecule has 0 bridgehead atoms. The van der Waals surface area contributed by atoms with Crippen molar-refractivity contribution < 1.29 is 18.0 Å². The van der Waals surface area contributed by atoms with E-state index in [4.69, 9.17) is 0 Å². The van der Waals surface area contributed by atoms with Crippen molar-refractivity contribution in [3.63, 3.8) is 0 Å². The number of benzene rings is 1. The number of rotatable bonds is 3. The Kier molecular flexibility index (Phi) is 2.98. The van der Waals surface area contributed by atoms with Gasteiger partial charge in [-0.1, -0.05) is 30.3 Å². The summed E-state index contributed by atoms with van der Waals surface area (Å²) < 4.78 is 42.4. The molecule has 25 heavy (non-hydrogen) atoms. The van der Waals surface area contributed by atoms with Crippen LogP contribution in [0.25, 0.3) is 0 Å². The molecule has 1 aromatic carbocycles. The molecule has 2 aromatic rings. The molecule has 4 nitrogen and oxygen atoms in total. The van der Waals surface area contributed by atoms with Crippen molar-refractivity contribution in [2.75, 3.05) is 0 Å². The van der Waals surface area contributed by atoms with Gasteiger partial charge in [0.25, 0.3) is 5.92 Å². The third-order valence-corrected chi connectivity index (χ3v) is 5.88. The van der Waals surface area contributed by atoms with Crippen molar-refractivity contribution in [3.8, 4) is 0 Å². The average molecular weight is 347 g/mol. The highest BCUT2D eigenvalue weighted by Crippen LogP contribution is 2.65. The van der Waals surface area contributed by atoms with Crippen LogP contribution in [0.4, 0.5) is 13.2 Å². The predicted molar refractivity (Wildman–Crippen MR) is 82.1 cm³/mol. The van der Waals surface area contributed by atoms with Gasteiger partial charge in [0.1, 0.15) is 0 Å². The summed E-state index contributed by atoms with van der Waals surface area (Å²) in [5.74, 6) is -4.64. The van der Waals surface area contributed by atoms with Crippen LogP contribution >= 0.6 is 0 Å². The van der Waals surface area contributed by atoms with Gasteiger partial charge in [0.2, 0.25) is 11.6 Å². The van der Waals surface area contributed by atoms with Crippen molar-refractivity contribution >= 4 is 5.78 Å². The van der Waals surface area contributed by atoms with Crippen LogP contribution in [0.5, 0.6) is 0 Å². The maximum absolute atomic E-state index is 14.3. The number of fused-ring (bicyclic) bond motifs is 2. The second-order valence-electron chi connectivity index (χ2n) is 7.29. The maximum atomic E-state index is 14.3. The highest BCUT2D eigenvalue weighted by atomic mass is 19.3. The molecular weight excluding hydrogens is 331 g/mol. The smallest absolute Gasteiger partial charge is 0.254 e. The summed E-state index contributed by atoms with van der Waals surface area (Å²) in [6, 6.07) is 9.11. The molecular formula is C18H16F3N3O. The van der Waals surface area contributed by atoms with Gasteiger partial charge in [-0.25, -0.2) is 22.8 Å². The van der Waals surface area contributed by atoms with E-state index in [1.54, 1.807) is 0 Å². The van der Waals surface area contributed by atoms with Gasteiger partial charge in [-0.3, -0.25) is 4.79 Å². The Morgan fingerprint density at radius 3 is 2.48 bits per heavy atom. The zero-order valence-electron chi connectivity index (χ0n) is 13.3. The molecule has 0 N–H and O–H groups in total. The number of hydrogen-bond acceptors (Lipinski definition) is 3. The number of aromatic nitrogens is 3. The average Bonchev–Trinajstić information content (AvgIpc) is 3.12. The summed E-state index contributed by atoms with van der Waals surface area (Å²) in [6.45, 7) is 0. The molecule has 1 aromatic heterocycles. The Hall–Kier alpha value is -2.18. The lowest BCUT2D eigenvalue weighted by molar-refractivity contribution is 0.0590. The quantitative estimate of drug-likeness (QED) is 0.795. The maximum Gasteiger partial charge on any atom is 0.254 e. The van der Waals surface area contributed by atoms with E-state index in [1.165, 1.54) is 4.68 Å². The number of alkyl halides is 3. The van der Waals surface area contributed by atoms with E-state index in [2.05, 4.69) is 10.1 Å².